The lowest BCUT2D eigenvalue weighted by molar-refractivity contribution is -0.383. The maximum Gasteiger partial charge on any atom is 0.331 e. The summed E-state index contributed by atoms with van der Waals surface area (Å²) in [5.74, 6) is -7.02. The summed E-state index contributed by atoms with van der Waals surface area (Å²) in [6.07, 6.45) is -6.40. The number of rotatable bonds is 19. The SMILES string of the molecule is COc1cc(/C=C/C(=O)OC[C@H]2O[C@H](O[C@@]3(COC(=O)/C=C/c4ccc(O)c(OC)c4)O[C@@H](COC(=O)/C=C/c4ccc(O)cc4)[C@H](O)[C@H]3OC(=O)/C=C/c3ccc(O)cc3)[C@H](O)[C@@H](O)[C@@H]2O)ccc1O. The molecule has 21 heteroatoms. The van der Waals surface area contributed by atoms with Crippen molar-refractivity contribution in [1.82, 2.24) is 0 Å². The lowest BCUT2D eigenvalue weighted by atomic mass is 9.98. The molecule has 0 bridgehead atoms. The van der Waals surface area contributed by atoms with Crippen LogP contribution in [0.5, 0.6) is 34.5 Å². The third-order valence-corrected chi connectivity index (χ3v) is 10.7. The minimum Gasteiger partial charge on any atom is -0.508 e. The quantitative estimate of drug-likeness (QED) is 0.0380. The van der Waals surface area contributed by atoms with Crippen LogP contribution in [0, 0.1) is 0 Å². The van der Waals surface area contributed by atoms with Crippen LogP contribution >= 0.6 is 0 Å². The fourth-order valence-corrected chi connectivity index (χ4v) is 6.97. The van der Waals surface area contributed by atoms with Gasteiger partial charge in [-0.15, -0.1) is 0 Å². The largest absolute Gasteiger partial charge is 0.508 e. The molecule has 0 aromatic heterocycles. The highest BCUT2D eigenvalue weighted by Gasteiger charge is 2.62. The highest BCUT2D eigenvalue weighted by molar-refractivity contribution is 5.89. The summed E-state index contributed by atoms with van der Waals surface area (Å²) in [4.78, 5) is 52.6. The van der Waals surface area contributed by atoms with Crippen molar-refractivity contribution in [3.05, 3.63) is 131 Å². The Morgan fingerprint density at radius 3 is 1.46 bits per heavy atom. The zero-order valence-corrected chi connectivity index (χ0v) is 37.8. The summed E-state index contributed by atoms with van der Waals surface area (Å²) in [6.45, 7) is -2.62. The first-order chi connectivity index (χ1) is 34.0. The van der Waals surface area contributed by atoms with E-state index < -0.39 is 98.5 Å². The minimum absolute atomic E-state index is 0.0121. The maximum atomic E-state index is 13.5. The zero-order chi connectivity index (χ0) is 51.2. The number of esters is 4. The van der Waals surface area contributed by atoms with Crippen molar-refractivity contribution in [2.24, 2.45) is 0 Å². The molecule has 2 saturated heterocycles. The molecule has 0 radical (unpaired) electrons. The van der Waals surface area contributed by atoms with E-state index in [0.29, 0.717) is 22.3 Å². The molecular weight excluding hydrogens is 937 g/mol. The third kappa shape index (κ3) is 14.2. The Kier molecular flexibility index (Phi) is 17.9. The van der Waals surface area contributed by atoms with Gasteiger partial charge in [-0.1, -0.05) is 36.4 Å². The molecule has 376 valence electrons. The van der Waals surface area contributed by atoms with Gasteiger partial charge in [0.2, 0.25) is 5.79 Å². The predicted octanol–water partition coefficient (Wildman–Crippen LogP) is 2.50. The van der Waals surface area contributed by atoms with Crippen LogP contribution in [0.2, 0.25) is 0 Å². The molecule has 0 amide bonds. The smallest absolute Gasteiger partial charge is 0.331 e. The number of aliphatic hydroxyl groups is 4. The topological polar surface area (TPSA) is 313 Å². The number of hydrogen-bond donors (Lipinski definition) is 8. The molecule has 0 spiro atoms. The Labute approximate surface area is 404 Å². The van der Waals surface area contributed by atoms with Crippen LogP contribution in [0.1, 0.15) is 22.3 Å². The van der Waals surface area contributed by atoms with Crippen molar-refractivity contribution in [3.63, 3.8) is 0 Å². The highest BCUT2D eigenvalue weighted by Crippen LogP contribution is 2.39. The fraction of sp³-hybridized carbons (Fsp3) is 0.280. The number of carbonyl (C=O) groups excluding carboxylic acids is 4. The summed E-state index contributed by atoms with van der Waals surface area (Å²) in [6, 6.07) is 19.9. The number of aliphatic hydroxyl groups excluding tert-OH is 4. The van der Waals surface area contributed by atoms with Gasteiger partial charge in [0.05, 0.1) is 14.2 Å². The van der Waals surface area contributed by atoms with Gasteiger partial charge in [-0.25, -0.2) is 19.2 Å². The van der Waals surface area contributed by atoms with Gasteiger partial charge < -0.3 is 83.5 Å². The molecule has 0 aliphatic carbocycles. The van der Waals surface area contributed by atoms with Crippen LogP contribution in [0.4, 0.5) is 0 Å². The van der Waals surface area contributed by atoms with Gasteiger partial charge in [0.25, 0.3) is 0 Å². The summed E-state index contributed by atoms with van der Waals surface area (Å²) in [5, 5.41) is 84.2. The number of phenolic OH excluding ortho intramolecular Hbond substituents is 4. The molecule has 0 unspecified atom stereocenters. The van der Waals surface area contributed by atoms with E-state index in [-0.39, 0.29) is 34.5 Å². The number of methoxy groups -OCH3 is 2. The molecule has 21 nitrogen and oxygen atoms in total. The number of carbonyl (C=O) groups is 4. The van der Waals surface area contributed by atoms with Crippen LogP contribution in [0.3, 0.4) is 0 Å². The predicted molar refractivity (Wildman–Crippen MR) is 246 cm³/mol. The molecule has 71 heavy (non-hydrogen) atoms. The lowest BCUT2D eigenvalue weighted by Crippen LogP contribution is -2.63. The number of benzene rings is 4. The Bertz CT molecular complexity index is 2610. The molecule has 4 aromatic rings. The molecule has 2 heterocycles. The number of ether oxygens (including phenoxy) is 9. The van der Waals surface area contributed by atoms with Crippen molar-refractivity contribution in [3.8, 4) is 34.5 Å². The number of phenols is 4. The van der Waals surface area contributed by atoms with Gasteiger partial charge in [0.15, 0.2) is 35.4 Å². The average molecular weight is 987 g/mol. The highest BCUT2D eigenvalue weighted by atomic mass is 16.8. The van der Waals surface area contributed by atoms with Gasteiger partial charge in [-0.05, 0) is 95.1 Å². The second-order valence-electron chi connectivity index (χ2n) is 15.7. The second kappa shape index (κ2) is 24.2. The van der Waals surface area contributed by atoms with E-state index in [0.717, 1.165) is 24.3 Å². The molecule has 6 rings (SSSR count). The summed E-state index contributed by atoms with van der Waals surface area (Å²) < 4.78 is 50.2. The zero-order valence-electron chi connectivity index (χ0n) is 37.8. The van der Waals surface area contributed by atoms with Crippen molar-refractivity contribution < 1.29 is 103 Å². The van der Waals surface area contributed by atoms with E-state index in [4.69, 9.17) is 42.6 Å². The molecule has 2 fully saturated rings. The van der Waals surface area contributed by atoms with Gasteiger partial charge in [-0.3, -0.25) is 0 Å². The van der Waals surface area contributed by atoms with Crippen LogP contribution < -0.4 is 9.47 Å². The Hall–Kier alpha value is -7.76. The molecule has 0 saturated carbocycles. The van der Waals surface area contributed by atoms with E-state index in [1.54, 1.807) is 0 Å². The van der Waals surface area contributed by atoms with Crippen LogP contribution in [0.15, 0.2) is 109 Å². The van der Waals surface area contributed by atoms with E-state index in [9.17, 15) is 60.0 Å². The van der Waals surface area contributed by atoms with E-state index >= 15 is 0 Å². The first kappa shape index (κ1) is 52.6. The molecule has 4 aromatic carbocycles. The number of aromatic hydroxyl groups is 4. The van der Waals surface area contributed by atoms with Gasteiger partial charge in [0.1, 0.15) is 67.9 Å². The van der Waals surface area contributed by atoms with E-state index in [2.05, 4.69) is 0 Å². The molecule has 9 atom stereocenters. The van der Waals surface area contributed by atoms with Gasteiger partial charge >= 0.3 is 23.9 Å². The Balaban J connectivity index is 1.28. The number of hydrogen-bond acceptors (Lipinski definition) is 21. The van der Waals surface area contributed by atoms with Crippen molar-refractivity contribution >= 4 is 48.2 Å². The molecule has 2 aliphatic heterocycles. The van der Waals surface area contributed by atoms with Crippen LogP contribution in [0.25, 0.3) is 24.3 Å². The minimum atomic E-state index is -2.71. The standard InChI is InChI=1S/C50H50O21/c1-63-36-23-30(7-17-34(36)53)11-20-41(56)65-25-38-44(59)46(61)47(62)49(68-38)71-50(27-67-42(57)21-12-31-8-18-35(54)37(24-31)64-2)48(69-43(58)22-10-29-5-15-33(52)16-6-29)45(60)39(70-50)26-66-40(55)19-9-28-3-13-32(51)14-4-28/h3-24,38-39,44-49,51-54,59-62H,25-27H2,1-2H3/b19-9+,20-11+,21-12+,22-10+/t38-,39+,44-,45+,46+,47-,48-,49-,50-/m1/s1. The fourth-order valence-electron chi connectivity index (χ4n) is 6.97. The van der Waals surface area contributed by atoms with Crippen LogP contribution in [-0.4, -0.2) is 154 Å². The van der Waals surface area contributed by atoms with Gasteiger partial charge in [-0.2, -0.15) is 0 Å². The summed E-state index contributed by atoms with van der Waals surface area (Å²) >= 11 is 0. The molecule has 2 aliphatic rings. The van der Waals surface area contributed by atoms with E-state index in [1.165, 1.54) is 123 Å². The first-order valence-electron chi connectivity index (χ1n) is 21.5. The Morgan fingerprint density at radius 2 is 0.972 bits per heavy atom. The molecule has 8 N–H and O–H groups in total. The Morgan fingerprint density at radius 1 is 0.535 bits per heavy atom. The third-order valence-electron chi connectivity index (χ3n) is 10.7. The van der Waals surface area contributed by atoms with Crippen molar-refractivity contribution in [1.29, 1.82) is 0 Å². The lowest BCUT2D eigenvalue weighted by Gasteiger charge is -2.43. The normalized spacial score (nSPS) is 24.3. The van der Waals surface area contributed by atoms with Gasteiger partial charge in [0, 0.05) is 24.3 Å². The van der Waals surface area contributed by atoms with E-state index in [1.807, 2.05) is 0 Å². The summed E-state index contributed by atoms with van der Waals surface area (Å²) in [5.41, 5.74) is 1.74. The van der Waals surface area contributed by atoms with Crippen molar-refractivity contribution in [2.45, 2.75) is 54.8 Å². The average Bonchev–Trinajstić information content (AvgIpc) is 3.62. The van der Waals surface area contributed by atoms with Crippen molar-refractivity contribution in [2.75, 3.05) is 34.0 Å². The second-order valence-corrected chi connectivity index (χ2v) is 15.7. The maximum absolute atomic E-state index is 13.5. The van der Waals surface area contributed by atoms with Crippen LogP contribution in [-0.2, 0) is 52.3 Å². The first-order valence-corrected chi connectivity index (χ1v) is 21.5. The summed E-state index contributed by atoms with van der Waals surface area (Å²) in [7, 11) is 2.66. The molecular formula is C50H50O21. The monoisotopic (exact) mass is 986 g/mol.